The second-order valence-electron chi connectivity index (χ2n) is 7.15. The van der Waals surface area contributed by atoms with Crippen LogP contribution in [0.4, 0.5) is 5.13 Å². The van der Waals surface area contributed by atoms with Crippen LogP contribution in [0.15, 0.2) is 36.4 Å². The van der Waals surface area contributed by atoms with Crippen LogP contribution in [-0.2, 0) is 17.9 Å². The molecule has 0 amide bonds. The van der Waals surface area contributed by atoms with Gasteiger partial charge < -0.3 is 15.4 Å². The zero-order valence-corrected chi connectivity index (χ0v) is 17.8. The zero-order valence-electron chi connectivity index (χ0n) is 16.2. The number of carbonyl (C=O) groups excluding carboxylic acids is 1. The smallest absolute Gasteiger partial charge is 0.308 e. The van der Waals surface area contributed by atoms with Crippen LogP contribution in [0.3, 0.4) is 0 Å². The Labute approximate surface area is 178 Å². The largest absolute Gasteiger partial charge is 0.427 e. The van der Waals surface area contributed by atoms with Crippen molar-refractivity contribution in [3.63, 3.8) is 0 Å². The molecule has 3 aromatic rings. The van der Waals surface area contributed by atoms with E-state index in [1.54, 1.807) is 11.3 Å². The molecule has 0 bridgehead atoms. The standard InChI is InChI=1S/C21H23ClN4O2S/c1-14(27)28-18-9-15(12-23)8-16(10-18)13-25-4-6-26(7-5-25)21-24-19-3-2-17(22)11-20(19)29-21/h2-3,8-11H,4-7,12-13,23H2,1H3. The van der Waals surface area contributed by atoms with Gasteiger partial charge in [-0.1, -0.05) is 29.0 Å². The molecule has 0 spiro atoms. The number of piperazine rings is 1. The lowest BCUT2D eigenvalue weighted by molar-refractivity contribution is -0.131. The highest BCUT2D eigenvalue weighted by atomic mass is 35.5. The molecule has 2 heterocycles. The average Bonchev–Trinajstić information content (AvgIpc) is 3.11. The minimum atomic E-state index is -0.323. The summed E-state index contributed by atoms with van der Waals surface area (Å²) >= 11 is 7.78. The Balaban J connectivity index is 1.41. The number of ether oxygens (including phenoxy) is 1. The zero-order chi connectivity index (χ0) is 20.4. The van der Waals surface area contributed by atoms with Crippen molar-refractivity contribution < 1.29 is 9.53 Å². The number of rotatable bonds is 5. The maximum Gasteiger partial charge on any atom is 0.308 e. The van der Waals surface area contributed by atoms with Crippen LogP contribution in [-0.4, -0.2) is 42.0 Å². The van der Waals surface area contributed by atoms with E-state index in [1.165, 1.54) is 6.92 Å². The summed E-state index contributed by atoms with van der Waals surface area (Å²) in [5.41, 5.74) is 8.86. The molecular weight excluding hydrogens is 408 g/mol. The quantitative estimate of drug-likeness (QED) is 0.492. The molecule has 4 rings (SSSR count). The number of nitrogens with two attached hydrogens (primary N) is 1. The van der Waals surface area contributed by atoms with Crippen LogP contribution in [0.2, 0.25) is 5.02 Å². The fraction of sp³-hybridized carbons (Fsp3) is 0.333. The molecule has 1 aromatic heterocycles. The molecule has 2 N–H and O–H groups in total. The second-order valence-corrected chi connectivity index (χ2v) is 8.60. The lowest BCUT2D eigenvalue weighted by Crippen LogP contribution is -2.45. The molecule has 0 radical (unpaired) electrons. The predicted molar refractivity (Wildman–Crippen MR) is 118 cm³/mol. The summed E-state index contributed by atoms with van der Waals surface area (Å²) < 4.78 is 6.38. The summed E-state index contributed by atoms with van der Waals surface area (Å²) in [5, 5.41) is 1.79. The Bertz CT molecular complexity index is 1030. The fourth-order valence-electron chi connectivity index (χ4n) is 3.54. The second kappa shape index (κ2) is 8.67. The monoisotopic (exact) mass is 430 g/mol. The summed E-state index contributed by atoms with van der Waals surface area (Å²) in [5.74, 6) is 0.234. The SMILES string of the molecule is CC(=O)Oc1cc(CN)cc(CN2CCN(c3nc4ccc(Cl)cc4s3)CC2)c1. The van der Waals surface area contributed by atoms with E-state index in [2.05, 4.69) is 15.9 Å². The number of aromatic nitrogens is 1. The highest BCUT2D eigenvalue weighted by Gasteiger charge is 2.20. The number of anilines is 1. The first kappa shape index (κ1) is 20.1. The van der Waals surface area contributed by atoms with Crippen molar-refractivity contribution in [2.45, 2.75) is 20.0 Å². The Morgan fingerprint density at radius 3 is 2.66 bits per heavy atom. The van der Waals surface area contributed by atoms with Crippen molar-refractivity contribution in [2.24, 2.45) is 5.73 Å². The molecule has 29 heavy (non-hydrogen) atoms. The number of fused-ring (bicyclic) bond motifs is 1. The van der Waals surface area contributed by atoms with E-state index < -0.39 is 0 Å². The van der Waals surface area contributed by atoms with Crippen molar-refractivity contribution in [1.29, 1.82) is 0 Å². The van der Waals surface area contributed by atoms with E-state index in [0.717, 1.165) is 64.2 Å². The molecule has 1 saturated heterocycles. The maximum absolute atomic E-state index is 11.3. The van der Waals surface area contributed by atoms with Gasteiger partial charge in [0.1, 0.15) is 5.75 Å². The normalized spacial score (nSPS) is 15.1. The number of carbonyl (C=O) groups is 1. The first-order chi connectivity index (χ1) is 14.0. The molecule has 8 heteroatoms. The highest BCUT2D eigenvalue weighted by molar-refractivity contribution is 7.22. The van der Waals surface area contributed by atoms with Gasteiger partial charge in [0, 0.05) is 51.2 Å². The number of nitrogens with zero attached hydrogens (tertiary/aromatic N) is 3. The Morgan fingerprint density at radius 1 is 1.17 bits per heavy atom. The van der Waals surface area contributed by atoms with Crippen LogP contribution in [0.1, 0.15) is 18.1 Å². The van der Waals surface area contributed by atoms with Crippen molar-refractivity contribution in [2.75, 3.05) is 31.1 Å². The minimum Gasteiger partial charge on any atom is -0.427 e. The molecule has 1 aliphatic heterocycles. The predicted octanol–water partition coefficient (Wildman–Crippen LogP) is 3.66. The molecule has 0 saturated carbocycles. The molecule has 1 aliphatic rings. The van der Waals surface area contributed by atoms with Crippen LogP contribution >= 0.6 is 22.9 Å². The van der Waals surface area contributed by atoms with Gasteiger partial charge in [0.15, 0.2) is 5.13 Å². The van der Waals surface area contributed by atoms with Gasteiger partial charge in [-0.25, -0.2) is 4.98 Å². The molecule has 2 aromatic carbocycles. The van der Waals surface area contributed by atoms with Crippen LogP contribution < -0.4 is 15.4 Å². The van der Waals surface area contributed by atoms with Crippen molar-refractivity contribution >= 4 is 44.3 Å². The first-order valence-electron chi connectivity index (χ1n) is 9.55. The van der Waals surface area contributed by atoms with Gasteiger partial charge in [-0.2, -0.15) is 0 Å². The summed E-state index contributed by atoms with van der Waals surface area (Å²) in [6.45, 7) is 6.33. The average molecular weight is 431 g/mol. The van der Waals surface area contributed by atoms with Gasteiger partial charge in [-0.15, -0.1) is 0 Å². The lowest BCUT2D eigenvalue weighted by atomic mass is 10.1. The van der Waals surface area contributed by atoms with Gasteiger partial charge in [0.2, 0.25) is 0 Å². The minimum absolute atomic E-state index is 0.323. The van der Waals surface area contributed by atoms with Crippen LogP contribution in [0.25, 0.3) is 10.2 Å². The number of halogens is 1. The fourth-order valence-corrected chi connectivity index (χ4v) is 4.83. The first-order valence-corrected chi connectivity index (χ1v) is 10.7. The Morgan fingerprint density at radius 2 is 1.93 bits per heavy atom. The number of hydrogen-bond acceptors (Lipinski definition) is 7. The van der Waals surface area contributed by atoms with Gasteiger partial charge in [-0.05, 0) is 41.5 Å². The lowest BCUT2D eigenvalue weighted by Gasteiger charge is -2.34. The summed E-state index contributed by atoms with van der Waals surface area (Å²) in [6, 6.07) is 11.6. The van der Waals surface area contributed by atoms with E-state index in [1.807, 2.05) is 30.3 Å². The Kier molecular flexibility index (Phi) is 6.01. The highest BCUT2D eigenvalue weighted by Crippen LogP contribution is 2.31. The summed E-state index contributed by atoms with van der Waals surface area (Å²) in [6.07, 6.45) is 0. The third kappa shape index (κ3) is 4.87. The topological polar surface area (TPSA) is 71.7 Å². The molecule has 0 unspecified atom stereocenters. The molecule has 6 nitrogen and oxygen atoms in total. The number of benzene rings is 2. The summed E-state index contributed by atoms with van der Waals surface area (Å²) in [7, 11) is 0. The molecular formula is C21H23ClN4O2S. The third-order valence-corrected chi connectivity index (χ3v) is 6.23. The van der Waals surface area contributed by atoms with E-state index in [9.17, 15) is 4.79 Å². The van der Waals surface area contributed by atoms with Crippen molar-refractivity contribution in [3.8, 4) is 5.75 Å². The number of hydrogen-bond donors (Lipinski definition) is 1. The van der Waals surface area contributed by atoms with Gasteiger partial charge in [-0.3, -0.25) is 9.69 Å². The molecule has 0 atom stereocenters. The van der Waals surface area contributed by atoms with E-state index in [4.69, 9.17) is 27.1 Å². The van der Waals surface area contributed by atoms with E-state index >= 15 is 0 Å². The van der Waals surface area contributed by atoms with Gasteiger partial charge >= 0.3 is 5.97 Å². The number of esters is 1. The maximum atomic E-state index is 11.3. The third-order valence-electron chi connectivity index (χ3n) is 4.91. The van der Waals surface area contributed by atoms with Crippen LogP contribution in [0.5, 0.6) is 5.75 Å². The van der Waals surface area contributed by atoms with Crippen LogP contribution in [0, 0.1) is 0 Å². The van der Waals surface area contributed by atoms with E-state index in [0.29, 0.717) is 12.3 Å². The summed E-state index contributed by atoms with van der Waals surface area (Å²) in [4.78, 5) is 20.8. The van der Waals surface area contributed by atoms with E-state index in [-0.39, 0.29) is 5.97 Å². The van der Waals surface area contributed by atoms with Crippen molar-refractivity contribution in [1.82, 2.24) is 9.88 Å². The van der Waals surface area contributed by atoms with Gasteiger partial charge in [0.25, 0.3) is 0 Å². The molecule has 152 valence electrons. The van der Waals surface area contributed by atoms with Crippen molar-refractivity contribution in [3.05, 3.63) is 52.5 Å². The molecule has 1 fully saturated rings. The Hall–Kier alpha value is -2.19. The molecule has 0 aliphatic carbocycles. The number of thiazole rings is 1. The van der Waals surface area contributed by atoms with Gasteiger partial charge in [0.05, 0.1) is 10.2 Å².